The van der Waals surface area contributed by atoms with Gasteiger partial charge in [0.05, 0.1) is 0 Å². The quantitative estimate of drug-likeness (QED) is 0.702. The van der Waals surface area contributed by atoms with Gasteiger partial charge in [0.2, 0.25) is 0 Å². The summed E-state index contributed by atoms with van der Waals surface area (Å²) in [6, 6.07) is 7.59. The zero-order valence-corrected chi connectivity index (χ0v) is 6.63. The van der Waals surface area contributed by atoms with Crippen LogP contribution in [0.3, 0.4) is 0 Å². The molecule has 0 atom stereocenters. The van der Waals surface area contributed by atoms with E-state index in [1.807, 2.05) is 31.2 Å². The molecule has 0 saturated carbocycles. The van der Waals surface area contributed by atoms with Gasteiger partial charge in [0.25, 0.3) is 0 Å². The lowest BCUT2D eigenvalue weighted by molar-refractivity contribution is 0.178. The van der Waals surface area contributed by atoms with Gasteiger partial charge in [-0.15, -0.1) is 0 Å². The molecule has 0 aliphatic heterocycles. The summed E-state index contributed by atoms with van der Waals surface area (Å²) in [7, 11) is 0. The summed E-state index contributed by atoms with van der Waals surface area (Å²) >= 11 is 0. The van der Waals surface area contributed by atoms with E-state index >= 15 is 0 Å². The van der Waals surface area contributed by atoms with Crippen LogP contribution in [0.15, 0.2) is 24.3 Å². The number of anilines is 1. The maximum Gasteiger partial charge on any atom is 0.109 e. The lowest BCUT2D eigenvalue weighted by Gasteiger charge is -2.06. The highest BCUT2D eigenvalue weighted by molar-refractivity contribution is 5.50. The molecule has 1 aromatic rings. The van der Waals surface area contributed by atoms with E-state index in [2.05, 4.69) is 5.32 Å². The second kappa shape index (κ2) is 3.98. The van der Waals surface area contributed by atoms with Crippen molar-refractivity contribution in [1.29, 1.82) is 0 Å². The molecule has 59 valence electrons. The van der Waals surface area contributed by atoms with Crippen molar-refractivity contribution in [2.45, 2.75) is 13.5 Å². The number of hydrogen-bond donors (Lipinski definition) is 1. The topological polar surface area (TPSA) is 31.9 Å². The summed E-state index contributed by atoms with van der Waals surface area (Å²) in [5.74, 6) is 0. The van der Waals surface area contributed by atoms with E-state index in [0.717, 1.165) is 17.8 Å². The Balaban J connectivity index is 2.83. The van der Waals surface area contributed by atoms with Crippen LogP contribution in [-0.2, 0) is 11.7 Å². The maximum atomic E-state index is 10.6. The minimum absolute atomic E-state index is 0.150. The van der Waals surface area contributed by atoms with Crippen molar-refractivity contribution >= 4 is 5.69 Å². The van der Waals surface area contributed by atoms with E-state index in [1.54, 1.807) is 0 Å². The van der Waals surface area contributed by atoms with Crippen LogP contribution in [0.5, 0.6) is 0 Å². The molecule has 0 amide bonds. The lowest BCUT2D eigenvalue weighted by Crippen LogP contribution is -1.99. The van der Waals surface area contributed by atoms with E-state index in [0.29, 0.717) is 0 Å². The first-order chi connectivity index (χ1) is 5.38. The molecular formula is C9H12NO. The number of nitrogens with one attached hydrogen (secondary N) is 1. The van der Waals surface area contributed by atoms with E-state index in [1.165, 1.54) is 0 Å². The smallest absolute Gasteiger partial charge is 0.109 e. The monoisotopic (exact) mass is 150 g/mol. The predicted octanol–water partition coefficient (Wildman–Crippen LogP) is 2.05. The number of para-hydroxylation sites is 1. The Labute approximate surface area is 66.9 Å². The summed E-state index contributed by atoms with van der Waals surface area (Å²) in [4.78, 5) is 0. The Hall–Kier alpha value is -1.02. The third-order valence-electron chi connectivity index (χ3n) is 1.54. The van der Waals surface area contributed by atoms with Gasteiger partial charge in [-0.25, -0.2) is 5.11 Å². The van der Waals surface area contributed by atoms with Gasteiger partial charge in [0, 0.05) is 17.8 Å². The van der Waals surface area contributed by atoms with Gasteiger partial charge in [-0.05, 0) is 13.0 Å². The molecule has 2 heteroatoms. The maximum absolute atomic E-state index is 10.6. The molecule has 2 nitrogen and oxygen atoms in total. The van der Waals surface area contributed by atoms with Gasteiger partial charge in [-0.3, -0.25) is 0 Å². The molecule has 0 fully saturated rings. The van der Waals surface area contributed by atoms with Crippen LogP contribution >= 0.6 is 0 Å². The molecule has 1 radical (unpaired) electrons. The number of benzene rings is 1. The van der Waals surface area contributed by atoms with Crippen LogP contribution in [0, 0.1) is 0 Å². The fraction of sp³-hybridized carbons (Fsp3) is 0.333. The SMILES string of the molecule is CCNc1ccccc1C[O]. The van der Waals surface area contributed by atoms with Crippen molar-refractivity contribution in [3.05, 3.63) is 29.8 Å². The van der Waals surface area contributed by atoms with Gasteiger partial charge < -0.3 is 5.32 Å². The summed E-state index contributed by atoms with van der Waals surface area (Å²) in [6.07, 6.45) is 0. The van der Waals surface area contributed by atoms with Gasteiger partial charge in [-0.1, -0.05) is 18.2 Å². The second-order valence-electron chi connectivity index (χ2n) is 2.33. The highest BCUT2D eigenvalue weighted by atomic mass is 16.3. The predicted molar refractivity (Wildman–Crippen MR) is 45.0 cm³/mol. The van der Waals surface area contributed by atoms with Crippen LogP contribution in [0.2, 0.25) is 0 Å². The molecule has 0 aliphatic rings. The normalized spacial score (nSPS) is 9.64. The van der Waals surface area contributed by atoms with Gasteiger partial charge in [-0.2, -0.15) is 0 Å². The Morgan fingerprint density at radius 2 is 2.09 bits per heavy atom. The van der Waals surface area contributed by atoms with E-state index in [9.17, 15) is 5.11 Å². The minimum Gasteiger partial charge on any atom is -0.385 e. The van der Waals surface area contributed by atoms with E-state index < -0.39 is 0 Å². The molecule has 0 unspecified atom stereocenters. The highest BCUT2D eigenvalue weighted by Gasteiger charge is 1.97. The average Bonchev–Trinajstić information content (AvgIpc) is 2.06. The minimum atomic E-state index is -0.150. The van der Waals surface area contributed by atoms with Gasteiger partial charge in [0.1, 0.15) is 6.61 Å². The van der Waals surface area contributed by atoms with E-state index in [4.69, 9.17) is 0 Å². The molecule has 0 bridgehead atoms. The first kappa shape index (κ1) is 8.08. The summed E-state index contributed by atoms with van der Waals surface area (Å²) in [5, 5.41) is 13.7. The molecule has 1 rings (SSSR count). The van der Waals surface area contributed by atoms with E-state index in [-0.39, 0.29) is 6.61 Å². The third-order valence-corrected chi connectivity index (χ3v) is 1.54. The van der Waals surface area contributed by atoms with Crippen molar-refractivity contribution in [2.75, 3.05) is 11.9 Å². The fourth-order valence-corrected chi connectivity index (χ4v) is 1.01. The summed E-state index contributed by atoms with van der Waals surface area (Å²) < 4.78 is 0. The Morgan fingerprint density at radius 3 is 2.73 bits per heavy atom. The second-order valence-corrected chi connectivity index (χ2v) is 2.33. The van der Waals surface area contributed by atoms with Crippen molar-refractivity contribution in [1.82, 2.24) is 0 Å². The standard InChI is InChI=1S/C9H12NO/c1-2-10-9-6-4-3-5-8(9)7-11/h3-6,10H,2,7H2,1H3. The Kier molecular flexibility index (Phi) is 2.93. The van der Waals surface area contributed by atoms with Crippen LogP contribution in [-0.4, -0.2) is 6.54 Å². The molecule has 1 aromatic carbocycles. The largest absolute Gasteiger partial charge is 0.385 e. The molecule has 0 heterocycles. The van der Waals surface area contributed by atoms with Crippen LogP contribution in [0.4, 0.5) is 5.69 Å². The lowest BCUT2D eigenvalue weighted by atomic mass is 10.2. The highest BCUT2D eigenvalue weighted by Crippen LogP contribution is 2.13. The van der Waals surface area contributed by atoms with Gasteiger partial charge in [0.15, 0.2) is 0 Å². The van der Waals surface area contributed by atoms with Crippen molar-refractivity contribution in [3.8, 4) is 0 Å². The molecule has 0 spiro atoms. The molecular weight excluding hydrogens is 138 g/mol. The van der Waals surface area contributed by atoms with Crippen LogP contribution in [0.25, 0.3) is 0 Å². The third kappa shape index (κ3) is 1.95. The average molecular weight is 150 g/mol. The van der Waals surface area contributed by atoms with Gasteiger partial charge >= 0.3 is 0 Å². The van der Waals surface area contributed by atoms with Crippen molar-refractivity contribution < 1.29 is 5.11 Å². The molecule has 0 saturated heterocycles. The fourth-order valence-electron chi connectivity index (χ4n) is 1.01. The van der Waals surface area contributed by atoms with Crippen LogP contribution in [0.1, 0.15) is 12.5 Å². The number of rotatable bonds is 3. The van der Waals surface area contributed by atoms with Crippen molar-refractivity contribution in [3.63, 3.8) is 0 Å². The van der Waals surface area contributed by atoms with Crippen molar-refractivity contribution in [2.24, 2.45) is 0 Å². The molecule has 0 aromatic heterocycles. The summed E-state index contributed by atoms with van der Waals surface area (Å²) in [6.45, 7) is 2.72. The number of hydrogen-bond acceptors (Lipinski definition) is 1. The Morgan fingerprint density at radius 1 is 1.36 bits per heavy atom. The first-order valence-corrected chi connectivity index (χ1v) is 3.78. The summed E-state index contributed by atoms with van der Waals surface area (Å²) in [5.41, 5.74) is 1.80. The first-order valence-electron chi connectivity index (χ1n) is 3.78. The zero-order valence-electron chi connectivity index (χ0n) is 6.63. The molecule has 11 heavy (non-hydrogen) atoms. The molecule has 0 aliphatic carbocycles. The van der Waals surface area contributed by atoms with Crippen LogP contribution < -0.4 is 5.32 Å². The molecule has 1 N–H and O–H groups in total. The Bertz CT molecular complexity index is 223. The zero-order chi connectivity index (χ0) is 8.10.